The van der Waals surface area contributed by atoms with E-state index in [0.29, 0.717) is 5.82 Å². The van der Waals surface area contributed by atoms with Gasteiger partial charge in [0.2, 0.25) is 0 Å². The average Bonchev–Trinajstić information content (AvgIpc) is 3.76. The number of nitrogens with zero attached hydrogens (tertiary/aromatic N) is 3. The van der Waals surface area contributed by atoms with Gasteiger partial charge in [0.1, 0.15) is 0 Å². The fourth-order valence-corrected chi connectivity index (χ4v) is 9.42. The lowest BCUT2D eigenvalue weighted by Gasteiger charge is -2.13. The Hall–Kier alpha value is -8.92. The zero-order chi connectivity index (χ0) is 44.5. The molecule has 0 fully saturated rings. The van der Waals surface area contributed by atoms with Crippen molar-refractivity contribution < 1.29 is 0 Å². The lowest BCUT2D eigenvalue weighted by Crippen LogP contribution is -1.98. The predicted octanol–water partition coefficient (Wildman–Crippen LogP) is 16.9. The highest BCUT2D eigenvalue weighted by Crippen LogP contribution is 2.36. The van der Waals surface area contributed by atoms with Crippen molar-refractivity contribution in [2.75, 3.05) is 0 Å². The molecular formula is C64H43N3. The number of hydrogen-bond donors (Lipinski definition) is 0. The highest BCUT2D eigenvalue weighted by Gasteiger charge is 2.16. The molecule has 0 aliphatic heterocycles. The molecule has 0 saturated carbocycles. The Bertz CT molecular complexity index is 3670. The van der Waals surface area contributed by atoms with Crippen LogP contribution in [0.5, 0.6) is 0 Å². The molecule has 2 aromatic heterocycles. The molecule has 2 heterocycles. The quantitative estimate of drug-likeness (QED) is 0.145. The summed E-state index contributed by atoms with van der Waals surface area (Å²) in [5, 5.41) is 2.46. The lowest BCUT2D eigenvalue weighted by molar-refractivity contribution is 1.16. The van der Waals surface area contributed by atoms with Gasteiger partial charge < -0.3 is 4.57 Å². The van der Waals surface area contributed by atoms with Gasteiger partial charge in [-0.3, -0.25) is 0 Å². The molecule has 3 nitrogen and oxygen atoms in total. The molecule has 0 saturated heterocycles. The van der Waals surface area contributed by atoms with Crippen LogP contribution < -0.4 is 0 Å². The molecule has 3 heteroatoms. The van der Waals surface area contributed by atoms with Crippen LogP contribution in [0.2, 0.25) is 0 Å². The molecule has 0 radical (unpaired) electrons. The van der Waals surface area contributed by atoms with Crippen molar-refractivity contribution >= 4 is 21.8 Å². The van der Waals surface area contributed by atoms with Gasteiger partial charge in [-0.2, -0.15) is 0 Å². The van der Waals surface area contributed by atoms with Gasteiger partial charge >= 0.3 is 0 Å². The summed E-state index contributed by atoms with van der Waals surface area (Å²) < 4.78 is 2.35. The maximum Gasteiger partial charge on any atom is 0.160 e. The van der Waals surface area contributed by atoms with Gasteiger partial charge in [0.05, 0.1) is 22.4 Å². The number of fused-ring (bicyclic) bond motifs is 3. The summed E-state index contributed by atoms with van der Waals surface area (Å²) in [6.45, 7) is 0. The standard InChI is InChI=1S/C64H43N3/c1-3-15-44(16-4-1)50-19-11-21-52(39-50)46-31-35-48(36-32-46)60-43-61(66-64(65-60)56-25-14-26-57(42-56)67-62-29-9-7-27-58(62)59-28-8-10-30-63(59)67)49-37-33-47(34-38-49)53-22-13-24-55(41-53)54-23-12-20-51(40-54)45-17-5-2-6-18-45/h1-43H. The molecule has 0 aliphatic carbocycles. The van der Waals surface area contributed by atoms with Gasteiger partial charge in [0, 0.05) is 33.2 Å². The van der Waals surface area contributed by atoms with E-state index < -0.39 is 0 Å². The summed E-state index contributed by atoms with van der Waals surface area (Å²) in [7, 11) is 0. The number of rotatable bonds is 9. The van der Waals surface area contributed by atoms with Crippen molar-refractivity contribution in [3.8, 4) is 95.2 Å². The van der Waals surface area contributed by atoms with Crippen LogP contribution in [0.4, 0.5) is 0 Å². The maximum absolute atomic E-state index is 5.32. The first-order chi connectivity index (χ1) is 33.2. The van der Waals surface area contributed by atoms with Crippen LogP contribution >= 0.6 is 0 Å². The normalized spacial score (nSPS) is 11.3. The summed E-state index contributed by atoms with van der Waals surface area (Å²) in [5.74, 6) is 0.671. The van der Waals surface area contributed by atoms with E-state index in [4.69, 9.17) is 9.97 Å². The third-order valence-corrected chi connectivity index (χ3v) is 12.8. The monoisotopic (exact) mass is 853 g/mol. The van der Waals surface area contributed by atoms with Gasteiger partial charge in [0.25, 0.3) is 0 Å². The van der Waals surface area contributed by atoms with E-state index in [9.17, 15) is 0 Å². The largest absolute Gasteiger partial charge is 0.309 e. The van der Waals surface area contributed by atoms with Crippen LogP contribution in [0.1, 0.15) is 0 Å². The molecule has 0 bridgehead atoms. The molecular weight excluding hydrogens is 811 g/mol. The van der Waals surface area contributed by atoms with Crippen molar-refractivity contribution in [3.05, 3.63) is 261 Å². The Labute approximate surface area is 390 Å². The molecule has 0 N–H and O–H groups in total. The molecule has 0 spiro atoms. The van der Waals surface area contributed by atoms with Crippen molar-refractivity contribution in [2.45, 2.75) is 0 Å². The van der Waals surface area contributed by atoms with Crippen LogP contribution in [0.15, 0.2) is 261 Å². The lowest BCUT2D eigenvalue weighted by atomic mass is 9.95. The fraction of sp³-hybridized carbons (Fsp3) is 0. The van der Waals surface area contributed by atoms with Crippen molar-refractivity contribution in [2.24, 2.45) is 0 Å². The molecule has 12 rings (SSSR count). The number of para-hydroxylation sites is 2. The third kappa shape index (κ3) is 7.79. The number of benzene rings is 10. The van der Waals surface area contributed by atoms with Gasteiger partial charge in [0.15, 0.2) is 5.82 Å². The van der Waals surface area contributed by atoms with E-state index in [1.54, 1.807) is 0 Å². The molecule has 314 valence electrons. The van der Waals surface area contributed by atoms with E-state index in [1.807, 2.05) is 0 Å². The highest BCUT2D eigenvalue weighted by molar-refractivity contribution is 6.09. The van der Waals surface area contributed by atoms with E-state index in [-0.39, 0.29) is 0 Å². The van der Waals surface area contributed by atoms with Crippen molar-refractivity contribution in [1.29, 1.82) is 0 Å². The Balaban J connectivity index is 0.922. The number of hydrogen-bond acceptors (Lipinski definition) is 2. The Morgan fingerprint density at radius 3 is 1.00 bits per heavy atom. The summed E-state index contributed by atoms with van der Waals surface area (Å²) in [6.07, 6.45) is 0. The molecule has 0 aliphatic rings. The fourth-order valence-electron chi connectivity index (χ4n) is 9.42. The molecule has 12 aromatic rings. The Morgan fingerprint density at radius 2 is 0.552 bits per heavy atom. The Kier molecular flexibility index (Phi) is 10.2. The van der Waals surface area contributed by atoms with E-state index in [0.717, 1.165) is 61.5 Å². The van der Waals surface area contributed by atoms with Crippen LogP contribution in [0, 0.1) is 0 Å². The number of aromatic nitrogens is 3. The van der Waals surface area contributed by atoms with Crippen LogP contribution in [-0.4, -0.2) is 14.5 Å². The van der Waals surface area contributed by atoms with Crippen molar-refractivity contribution in [1.82, 2.24) is 14.5 Å². The minimum atomic E-state index is 0.671. The Morgan fingerprint density at radius 1 is 0.224 bits per heavy atom. The molecule has 0 atom stereocenters. The van der Waals surface area contributed by atoms with Gasteiger partial charge in [-0.1, -0.05) is 212 Å². The maximum atomic E-state index is 5.32. The van der Waals surface area contributed by atoms with E-state index in [1.165, 1.54) is 49.7 Å². The van der Waals surface area contributed by atoms with E-state index >= 15 is 0 Å². The highest BCUT2D eigenvalue weighted by atomic mass is 15.0. The second kappa shape index (κ2) is 17.2. The first-order valence-electron chi connectivity index (χ1n) is 22.8. The van der Waals surface area contributed by atoms with Crippen LogP contribution in [0.3, 0.4) is 0 Å². The van der Waals surface area contributed by atoms with Crippen LogP contribution in [0.25, 0.3) is 117 Å². The summed E-state index contributed by atoms with van der Waals surface area (Å²) in [4.78, 5) is 10.6. The summed E-state index contributed by atoms with van der Waals surface area (Å²) in [5.41, 5.74) is 19.9. The second-order valence-corrected chi connectivity index (χ2v) is 17.0. The summed E-state index contributed by atoms with van der Waals surface area (Å²) in [6, 6.07) is 93.0. The first-order valence-corrected chi connectivity index (χ1v) is 22.8. The predicted molar refractivity (Wildman–Crippen MR) is 280 cm³/mol. The second-order valence-electron chi connectivity index (χ2n) is 17.0. The molecule has 67 heavy (non-hydrogen) atoms. The average molecular weight is 854 g/mol. The molecule has 0 unspecified atom stereocenters. The third-order valence-electron chi connectivity index (χ3n) is 12.8. The first kappa shape index (κ1) is 39.7. The van der Waals surface area contributed by atoms with Gasteiger partial charge in [-0.05, 0) is 104 Å². The minimum Gasteiger partial charge on any atom is -0.309 e. The van der Waals surface area contributed by atoms with Gasteiger partial charge in [-0.15, -0.1) is 0 Å². The topological polar surface area (TPSA) is 30.7 Å². The minimum absolute atomic E-state index is 0.671. The molecule has 0 amide bonds. The SMILES string of the molecule is c1ccc(-c2cccc(-c3ccc(-c4cc(-c5ccc(-c6cccc(-c7cccc(-c8ccccc8)c7)c6)cc5)nc(-c5cccc(-n6c7ccccc7c7ccccc76)c5)n4)cc3)c2)cc1. The zero-order valence-electron chi connectivity index (χ0n) is 36.7. The smallest absolute Gasteiger partial charge is 0.160 e. The van der Waals surface area contributed by atoms with Crippen LogP contribution in [-0.2, 0) is 0 Å². The van der Waals surface area contributed by atoms with Crippen molar-refractivity contribution in [3.63, 3.8) is 0 Å². The summed E-state index contributed by atoms with van der Waals surface area (Å²) >= 11 is 0. The molecule has 10 aromatic carbocycles. The van der Waals surface area contributed by atoms with E-state index in [2.05, 4.69) is 265 Å². The zero-order valence-corrected chi connectivity index (χ0v) is 36.7. The van der Waals surface area contributed by atoms with Gasteiger partial charge in [-0.25, -0.2) is 9.97 Å².